The Morgan fingerprint density at radius 1 is 1.00 bits per heavy atom. The molecule has 0 amide bonds. The van der Waals surface area contributed by atoms with Crippen molar-refractivity contribution in [3.63, 3.8) is 0 Å². The first kappa shape index (κ1) is 16.3. The van der Waals surface area contributed by atoms with Gasteiger partial charge >= 0.3 is 8.80 Å². The summed E-state index contributed by atoms with van der Waals surface area (Å²) in [6.07, 6.45) is 7.52. The molecule has 0 aliphatic heterocycles. The van der Waals surface area contributed by atoms with Gasteiger partial charge in [0, 0.05) is 45.9 Å². The summed E-state index contributed by atoms with van der Waals surface area (Å²) in [7, 11) is 2.61. The maximum Gasteiger partial charge on any atom is 0.500 e. The molecule has 0 saturated carbocycles. The number of pyridine rings is 1. The lowest BCUT2D eigenvalue weighted by Crippen LogP contribution is -2.42. The van der Waals surface area contributed by atoms with Crippen LogP contribution >= 0.6 is 0 Å². The molecule has 0 fully saturated rings. The van der Waals surface area contributed by atoms with E-state index in [1.807, 2.05) is 0 Å². The Hall–Kier alpha value is -0.753. The molecule has 0 unspecified atom stereocenters. The Labute approximate surface area is 117 Å². The molecular formula is C14H26NO3Si+. The fourth-order valence-electron chi connectivity index (χ4n) is 2.07. The van der Waals surface area contributed by atoms with Crippen LogP contribution in [0, 0.1) is 0 Å². The molecule has 5 heteroatoms. The monoisotopic (exact) mass is 284 g/mol. The van der Waals surface area contributed by atoms with E-state index < -0.39 is 8.80 Å². The second-order valence-electron chi connectivity index (χ2n) is 4.55. The SMILES string of the molecule is CCc1cc[n+](CCCC[Si](OC)(OC)OC)cc1. The van der Waals surface area contributed by atoms with Crippen LogP contribution in [0.2, 0.25) is 6.04 Å². The number of hydrogen-bond acceptors (Lipinski definition) is 3. The molecule has 1 heterocycles. The van der Waals surface area contributed by atoms with Crippen molar-refractivity contribution in [2.75, 3.05) is 21.3 Å². The van der Waals surface area contributed by atoms with Gasteiger partial charge in [-0.1, -0.05) is 6.92 Å². The zero-order valence-corrected chi connectivity index (χ0v) is 13.5. The lowest BCUT2D eigenvalue weighted by molar-refractivity contribution is -0.697. The maximum absolute atomic E-state index is 5.41. The van der Waals surface area contributed by atoms with Gasteiger partial charge in [0.15, 0.2) is 12.4 Å². The molecule has 0 aliphatic carbocycles. The van der Waals surface area contributed by atoms with Crippen LogP contribution in [0.15, 0.2) is 24.5 Å². The Morgan fingerprint density at radius 2 is 1.58 bits per heavy atom. The largest absolute Gasteiger partial charge is 0.500 e. The van der Waals surface area contributed by atoms with Crippen LogP contribution in [0.4, 0.5) is 0 Å². The highest BCUT2D eigenvalue weighted by atomic mass is 28.4. The molecule has 1 aromatic rings. The summed E-state index contributed by atoms with van der Waals surface area (Å²) in [6, 6.07) is 5.22. The van der Waals surface area contributed by atoms with Crippen molar-refractivity contribution in [3.8, 4) is 0 Å². The zero-order valence-electron chi connectivity index (χ0n) is 12.5. The van der Waals surface area contributed by atoms with E-state index in [0.29, 0.717) is 0 Å². The summed E-state index contributed by atoms with van der Waals surface area (Å²) in [5.41, 5.74) is 1.38. The minimum absolute atomic E-state index is 0.865. The summed E-state index contributed by atoms with van der Waals surface area (Å²) in [6.45, 7) is 3.19. The predicted octanol–water partition coefficient (Wildman–Crippen LogP) is 2.19. The zero-order chi connectivity index (χ0) is 14.1. The highest BCUT2D eigenvalue weighted by Crippen LogP contribution is 2.16. The van der Waals surface area contributed by atoms with E-state index in [9.17, 15) is 0 Å². The van der Waals surface area contributed by atoms with Crippen LogP contribution < -0.4 is 4.57 Å². The van der Waals surface area contributed by atoms with E-state index in [4.69, 9.17) is 13.3 Å². The van der Waals surface area contributed by atoms with Gasteiger partial charge in [0.1, 0.15) is 6.54 Å². The Kier molecular flexibility index (Phi) is 7.23. The van der Waals surface area contributed by atoms with Crippen molar-refractivity contribution < 1.29 is 17.8 Å². The molecule has 0 radical (unpaired) electrons. The van der Waals surface area contributed by atoms with Crippen LogP contribution in [0.3, 0.4) is 0 Å². The number of hydrogen-bond donors (Lipinski definition) is 0. The van der Waals surface area contributed by atoms with Gasteiger partial charge in [0.2, 0.25) is 0 Å². The summed E-state index contributed by atoms with van der Waals surface area (Å²) in [5.74, 6) is 0. The van der Waals surface area contributed by atoms with Crippen LogP contribution in [0.1, 0.15) is 25.3 Å². The van der Waals surface area contributed by atoms with E-state index in [2.05, 4.69) is 36.0 Å². The third kappa shape index (κ3) is 5.02. The Balaban J connectivity index is 2.33. The van der Waals surface area contributed by atoms with E-state index in [1.54, 1.807) is 21.3 Å². The van der Waals surface area contributed by atoms with Gasteiger partial charge in [-0.25, -0.2) is 4.57 Å². The van der Waals surface area contributed by atoms with Crippen molar-refractivity contribution in [1.82, 2.24) is 0 Å². The molecule has 19 heavy (non-hydrogen) atoms. The molecule has 1 rings (SSSR count). The van der Waals surface area contributed by atoms with Crippen molar-refractivity contribution in [2.45, 2.75) is 38.8 Å². The number of rotatable bonds is 9. The molecule has 108 valence electrons. The molecule has 0 saturated heterocycles. The quantitative estimate of drug-likeness (QED) is 0.396. The summed E-state index contributed by atoms with van der Waals surface area (Å²) in [5, 5.41) is 0. The summed E-state index contributed by atoms with van der Waals surface area (Å²) < 4.78 is 18.4. The first-order valence-electron chi connectivity index (χ1n) is 6.83. The van der Waals surface area contributed by atoms with Crippen molar-refractivity contribution in [2.24, 2.45) is 0 Å². The normalized spacial score (nSPS) is 11.8. The lowest BCUT2D eigenvalue weighted by atomic mass is 10.2. The predicted molar refractivity (Wildman–Crippen MR) is 76.8 cm³/mol. The third-order valence-corrected chi connectivity index (χ3v) is 6.28. The van der Waals surface area contributed by atoms with E-state index in [1.165, 1.54) is 5.56 Å². The highest BCUT2D eigenvalue weighted by Gasteiger charge is 2.36. The fourth-order valence-corrected chi connectivity index (χ4v) is 3.86. The topological polar surface area (TPSA) is 31.6 Å². The first-order chi connectivity index (χ1) is 9.19. The smallest absolute Gasteiger partial charge is 0.377 e. The number of aryl methyl sites for hydroxylation is 2. The van der Waals surface area contributed by atoms with E-state index in [0.717, 1.165) is 31.9 Å². The van der Waals surface area contributed by atoms with Gasteiger partial charge in [0.05, 0.1) is 0 Å². The van der Waals surface area contributed by atoms with E-state index >= 15 is 0 Å². The van der Waals surface area contributed by atoms with Crippen LogP contribution in [0.5, 0.6) is 0 Å². The first-order valence-corrected chi connectivity index (χ1v) is 8.76. The standard InChI is InChI=1S/C14H26NO3Si/c1-5-14-8-11-15(12-9-14)10-6-7-13-19(16-2,17-3)18-4/h8-9,11-12H,5-7,10,13H2,1-4H3/q+1. The fraction of sp³-hybridized carbons (Fsp3) is 0.643. The molecule has 1 aromatic heterocycles. The number of nitrogens with zero attached hydrogens (tertiary/aromatic N) is 1. The second kappa shape index (κ2) is 8.42. The lowest BCUT2D eigenvalue weighted by Gasteiger charge is -2.23. The molecule has 0 N–H and O–H groups in total. The van der Waals surface area contributed by atoms with Gasteiger partial charge in [0.25, 0.3) is 0 Å². The minimum Gasteiger partial charge on any atom is -0.377 e. The molecular weight excluding hydrogens is 258 g/mol. The van der Waals surface area contributed by atoms with Crippen LogP contribution in [-0.4, -0.2) is 30.1 Å². The molecule has 0 aromatic carbocycles. The van der Waals surface area contributed by atoms with Crippen LogP contribution in [0.25, 0.3) is 0 Å². The Bertz CT molecular complexity index is 344. The van der Waals surface area contributed by atoms with Crippen molar-refractivity contribution in [3.05, 3.63) is 30.1 Å². The van der Waals surface area contributed by atoms with Gasteiger partial charge in [-0.2, -0.15) is 0 Å². The van der Waals surface area contributed by atoms with Gasteiger partial charge < -0.3 is 13.3 Å². The molecule has 0 atom stereocenters. The summed E-state index contributed by atoms with van der Waals surface area (Å²) >= 11 is 0. The molecule has 0 spiro atoms. The minimum atomic E-state index is -2.38. The van der Waals surface area contributed by atoms with Crippen molar-refractivity contribution >= 4 is 8.80 Å². The van der Waals surface area contributed by atoms with E-state index in [-0.39, 0.29) is 0 Å². The van der Waals surface area contributed by atoms with Gasteiger partial charge in [-0.05, 0) is 18.4 Å². The second-order valence-corrected chi connectivity index (χ2v) is 7.64. The third-order valence-electron chi connectivity index (χ3n) is 3.45. The van der Waals surface area contributed by atoms with Crippen molar-refractivity contribution in [1.29, 1.82) is 0 Å². The number of unbranched alkanes of at least 4 members (excludes halogenated alkanes) is 1. The average Bonchev–Trinajstić information content (AvgIpc) is 2.49. The molecule has 0 bridgehead atoms. The summed E-state index contributed by atoms with van der Waals surface area (Å²) in [4.78, 5) is 0. The number of aromatic nitrogens is 1. The Morgan fingerprint density at radius 3 is 2.05 bits per heavy atom. The van der Waals surface area contributed by atoms with Gasteiger partial charge in [-0.15, -0.1) is 0 Å². The van der Waals surface area contributed by atoms with Crippen LogP contribution in [-0.2, 0) is 26.2 Å². The highest BCUT2D eigenvalue weighted by molar-refractivity contribution is 6.60. The molecule has 0 aliphatic rings. The maximum atomic E-state index is 5.41. The average molecular weight is 284 g/mol. The van der Waals surface area contributed by atoms with Gasteiger partial charge in [-0.3, -0.25) is 0 Å². The molecule has 4 nitrogen and oxygen atoms in total.